The minimum Gasteiger partial charge on any atom is -0.395 e. The number of aliphatic hydroxyl groups excluding tert-OH is 1. The fourth-order valence-electron chi connectivity index (χ4n) is 2.10. The van der Waals surface area contributed by atoms with Crippen LogP contribution in [0.1, 0.15) is 25.0 Å². The van der Waals surface area contributed by atoms with Gasteiger partial charge in [0.15, 0.2) is 0 Å². The molecule has 1 aromatic rings. The fraction of sp³-hybridized carbons (Fsp3) is 0.636. The van der Waals surface area contributed by atoms with E-state index in [1.54, 1.807) is 12.4 Å². The molecule has 1 atom stereocenters. The maximum absolute atomic E-state index is 9.28. The summed E-state index contributed by atoms with van der Waals surface area (Å²) in [6.07, 6.45) is 6.73. The third-order valence-electron chi connectivity index (χ3n) is 3.00. The van der Waals surface area contributed by atoms with Gasteiger partial charge in [-0.1, -0.05) is 18.0 Å². The standard InChI is InChI=1S/C11H16ClN3O/c12-11-6-13-9(5-14-11)7-15-4-2-1-3-10(15)8-16/h5-6,10,16H,1-4,7-8H2. The molecule has 0 spiro atoms. The molecule has 2 heterocycles. The van der Waals surface area contributed by atoms with Crippen molar-refractivity contribution in [1.82, 2.24) is 14.9 Å². The molecule has 16 heavy (non-hydrogen) atoms. The molecular weight excluding hydrogens is 226 g/mol. The molecule has 1 aliphatic rings. The van der Waals surface area contributed by atoms with Gasteiger partial charge in [-0.25, -0.2) is 4.98 Å². The molecule has 4 nitrogen and oxygen atoms in total. The van der Waals surface area contributed by atoms with Crippen molar-refractivity contribution in [3.05, 3.63) is 23.2 Å². The number of likely N-dealkylation sites (tertiary alicyclic amines) is 1. The molecule has 0 aromatic carbocycles. The molecule has 1 fully saturated rings. The lowest BCUT2D eigenvalue weighted by Gasteiger charge is -2.34. The number of halogens is 1. The van der Waals surface area contributed by atoms with E-state index in [0.29, 0.717) is 5.15 Å². The van der Waals surface area contributed by atoms with Crippen LogP contribution in [0.4, 0.5) is 0 Å². The van der Waals surface area contributed by atoms with Crippen molar-refractivity contribution < 1.29 is 5.11 Å². The average Bonchev–Trinajstić information content (AvgIpc) is 2.33. The third kappa shape index (κ3) is 2.90. The molecule has 0 amide bonds. The first kappa shape index (κ1) is 11.8. The zero-order valence-corrected chi connectivity index (χ0v) is 9.90. The highest BCUT2D eigenvalue weighted by Crippen LogP contribution is 2.18. The SMILES string of the molecule is OCC1CCCCN1Cc1cnc(Cl)cn1. The maximum atomic E-state index is 9.28. The van der Waals surface area contributed by atoms with Gasteiger partial charge in [0.2, 0.25) is 0 Å². The van der Waals surface area contributed by atoms with E-state index in [1.807, 2.05) is 0 Å². The predicted molar refractivity (Wildman–Crippen MR) is 62.2 cm³/mol. The molecule has 0 saturated carbocycles. The second kappa shape index (κ2) is 5.57. The number of rotatable bonds is 3. The van der Waals surface area contributed by atoms with Gasteiger partial charge in [-0.3, -0.25) is 9.88 Å². The quantitative estimate of drug-likeness (QED) is 0.871. The van der Waals surface area contributed by atoms with E-state index in [2.05, 4.69) is 14.9 Å². The van der Waals surface area contributed by atoms with Gasteiger partial charge in [0.05, 0.1) is 24.7 Å². The van der Waals surface area contributed by atoms with Crippen LogP contribution in [0, 0.1) is 0 Å². The van der Waals surface area contributed by atoms with Crippen LogP contribution >= 0.6 is 11.6 Å². The van der Waals surface area contributed by atoms with Crippen molar-refractivity contribution in [1.29, 1.82) is 0 Å². The van der Waals surface area contributed by atoms with Crippen LogP contribution in [0.3, 0.4) is 0 Å². The van der Waals surface area contributed by atoms with Crippen LogP contribution in [0.25, 0.3) is 0 Å². The molecule has 1 saturated heterocycles. The number of hydrogen-bond donors (Lipinski definition) is 1. The molecule has 1 aromatic heterocycles. The molecule has 1 N–H and O–H groups in total. The lowest BCUT2D eigenvalue weighted by Crippen LogP contribution is -2.41. The summed E-state index contributed by atoms with van der Waals surface area (Å²) in [5.74, 6) is 0. The van der Waals surface area contributed by atoms with Gasteiger partial charge in [-0.05, 0) is 19.4 Å². The van der Waals surface area contributed by atoms with Gasteiger partial charge in [0.1, 0.15) is 5.15 Å². The summed E-state index contributed by atoms with van der Waals surface area (Å²) in [5, 5.41) is 9.70. The van der Waals surface area contributed by atoms with Gasteiger partial charge < -0.3 is 5.11 Å². The second-order valence-corrected chi connectivity index (χ2v) is 4.52. The summed E-state index contributed by atoms with van der Waals surface area (Å²) in [7, 11) is 0. The topological polar surface area (TPSA) is 49.2 Å². The lowest BCUT2D eigenvalue weighted by atomic mass is 10.0. The molecule has 2 rings (SSSR count). The van der Waals surface area contributed by atoms with Gasteiger partial charge in [0.25, 0.3) is 0 Å². The van der Waals surface area contributed by atoms with E-state index in [-0.39, 0.29) is 12.6 Å². The van der Waals surface area contributed by atoms with Crippen molar-refractivity contribution in [3.8, 4) is 0 Å². The fourth-order valence-corrected chi connectivity index (χ4v) is 2.20. The van der Waals surface area contributed by atoms with E-state index in [0.717, 1.165) is 25.2 Å². The van der Waals surface area contributed by atoms with Crippen molar-refractivity contribution in [2.75, 3.05) is 13.2 Å². The van der Waals surface area contributed by atoms with Crippen LogP contribution in [-0.2, 0) is 6.54 Å². The summed E-state index contributed by atoms with van der Waals surface area (Å²) < 4.78 is 0. The van der Waals surface area contributed by atoms with E-state index < -0.39 is 0 Å². The minimum atomic E-state index is 0.223. The van der Waals surface area contributed by atoms with Gasteiger partial charge in [0, 0.05) is 12.6 Å². The first-order chi connectivity index (χ1) is 7.79. The van der Waals surface area contributed by atoms with Gasteiger partial charge >= 0.3 is 0 Å². The van der Waals surface area contributed by atoms with Gasteiger partial charge in [-0.15, -0.1) is 0 Å². The Labute approximate surface area is 100 Å². The third-order valence-corrected chi connectivity index (χ3v) is 3.19. The molecule has 1 aliphatic heterocycles. The average molecular weight is 242 g/mol. The summed E-state index contributed by atoms with van der Waals surface area (Å²) in [4.78, 5) is 10.5. The Morgan fingerprint density at radius 2 is 2.25 bits per heavy atom. The van der Waals surface area contributed by atoms with Crippen LogP contribution < -0.4 is 0 Å². The van der Waals surface area contributed by atoms with Gasteiger partial charge in [-0.2, -0.15) is 0 Å². The Morgan fingerprint density at radius 1 is 1.38 bits per heavy atom. The predicted octanol–water partition coefficient (Wildman–Crippen LogP) is 1.48. The van der Waals surface area contributed by atoms with Crippen molar-refractivity contribution >= 4 is 11.6 Å². The van der Waals surface area contributed by atoms with Crippen LogP contribution in [-0.4, -0.2) is 39.2 Å². The summed E-state index contributed by atoms with van der Waals surface area (Å²) in [5.41, 5.74) is 0.907. The minimum absolute atomic E-state index is 0.223. The highest BCUT2D eigenvalue weighted by Gasteiger charge is 2.21. The van der Waals surface area contributed by atoms with Crippen molar-refractivity contribution in [2.24, 2.45) is 0 Å². The molecule has 0 radical (unpaired) electrons. The Bertz CT molecular complexity index is 331. The number of aliphatic hydroxyl groups is 1. The van der Waals surface area contributed by atoms with Crippen LogP contribution in [0.2, 0.25) is 5.15 Å². The highest BCUT2D eigenvalue weighted by atomic mass is 35.5. The van der Waals surface area contributed by atoms with E-state index in [4.69, 9.17) is 11.6 Å². The lowest BCUT2D eigenvalue weighted by molar-refractivity contribution is 0.0830. The van der Waals surface area contributed by atoms with E-state index in [1.165, 1.54) is 12.8 Å². The summed E-state index contributed by atoms with van der Waals surface area (Å²) >= 11 is 5.68. The normalized spacial score (nSPS) is 22.2. The number of piperidine rings is 1. The number of aromatic nitrogens is 2. The van der Waals surface area contributed by atoms with Crippen LogP contribution in [0.15, 0.2) is 12.4 Å². The first-order valence-corrected chi connectivity index (χ1v) is 5.98. The molecule has 1 unspecified atom stereocenters. The maximum Gasteiger partial charge on any atom is 0.147 e. The number of hydrogen-bond acceptors (Lipinski definition) is 4. The van der Waals surface area contributed by atoms with E-state index in [9.17, 15) is 5.11 Å². The molecular formula is C11H16ClN3O. The molecule has 88 valence electrons. The monoisotopic (exact) mass is 241 g/mol. The first-order valence-electron chi connectivity index (χ1n) is 5.61. The summed E-state index contributed by atoms with van der Waals surface area (Å²) in [6, 6.07) is 0.270. The summed E-state index contributed by atoms with van der Waals surface area (Å²) in [6.45, 7) is 1.99. The zero-order chi connectivity index (χ0) is 11.4. The van der Waals surface area contributed by atoms with Crippen LogP contribution in [0.5, 0.6) is 0 Å². The number of nitrogens with zero attached hydrogens (tertiary/aromatic N) is 3. The highest BCUT2D eigenvalue weighted by molar-refractivity contribution is 6.29. The Hall–Kier alpha value is -0.710. The van der Waals surface area contributed by atoms with Crippen molar-refractivity contribution in [3.63, 3.8) is 0 Å². The Balaban J connectivity index is 1.99. The molecule has 0 bridgehead atoms. The van der Waals surface area contributed by atoms with E-state index >= 15 is 0 Å². The smallest absolute Gasteiger partial charge is 0.147 e. The molecule has 0 aliphatic carbocycles. The second-order valence-electron chi connectivity index (χ2n) is 4.13. The Kier molecular flexibility index (Phi) is 4.09. The zero-order valence-electron chi connectivity index (χ0n) is 9.14. The Morgan fingerprint density at radius 3 is 2.94 bits per heavy atom. The molecule has 5 heteroatoms. The largest absolute Gasteiger partial charge is 0.395 e. The van der Waals surface area contributed by atoms with Crippen molar-refractivity contribution in [2.45, 2.75) is 31.8 Å².